The molecule has 0 unspecified atom stereocenters. The van der Waals surface area contributed by atoms with Gasteiger partial charge in [0.15, 0.2) is 0 Å². The number of ether oxygens (including phenoxy) is 1. The Morgan fingerprint density at radius 3 is 2.80 bits per heavy atom. The number of hydrogen-bond acceptors (Lipinski definition) is 1. The molecule has 2 nitrogen and oxygen atoms in total. The van der Waals surface area contributed by atoms with Gasteiger partial charge >= 0.3 is 0 Å². The average molecular weight is 290 g/mol. The molecule has 0 aliphatic carbocycles. The van der Waals surface area contributed by atoms with Gasteiger partial charge in [-0.15, -0.1) is 0 Å². The van der Waals surface area contributed by atoms with Crippen LogP contribution in [-0.4, -0.2) is 4.57 Å². The van der Waals surface area contributed by atoms with Crippen molar-refractivity contribution in [2.24, 2.45) is 7.05 Å². The molecule has 20 heavy (non-hydrogen) atoms. The van der Waals surface area contributed by atoms with Crippen LogP contribution in [0.4, 0.5) is 4.39 Å². The fourth-order valence-corrected chi connectivity index (χ4v) is 2.64. The van der Waals surface area contributed by atoms with Crippen LogP contribution in [0.25, 0.3) is 10.9 Å². The molecule has 2 aromatic carbocycles. The number of fused-ring (bicyclic) bond motifs is 1. The van der Waals surface area contributed by atoms with Crippen molar-refractivity contribution in [3.05, 3.63) is 65.1 Å². The van der Waals surface area contributed by atoms with E-state index >= 15 is 0 Å². The molecule has 0 atom stereocenters. The van der Waals surface area contributed by atoms with E-state index in [1.54, 1.807) is 12.1 Å². The van der Waals surface area contributed by atoms with Gasteiger partial charge in [-0.3, -0.25) is 0 Å². The van der Waals surface area contributed by atoms with Gasteiger partial charge in [0.1, 0.15) is 18.2 Å². The van der Waals surface area contributed by atoms with E-state index in [-0.39, 0.29) is 5.82 Å². The van der Waals surface area contributed by atoms with Gasteiger partial charge < -0.3 is 9.30 Å². The van der Waals surface area contributed by atoms with Crippen molar-refractivity contribution in [1.29, 1.82) is 0 Å². The topological polar surface area (TPSA) is 14.2 Å². The first-order chi connectivity index (χ1) is 9.65. The monoisotopic (exact) mass is 289 g/mol. The van der Waals surface area contributed by atoms with Gasteiger partial charge in [-0.25, -0.2) is 4.39 Å². The Balaban J connectivity index is 1.90. The molecule has 0 bridgehead atoms. The van der Waals surface area contributed by atoms with Crippen molar-refractivity contribution >= 4 is 22.5 Å². The summed E-state index contributed by atoms with van der Waals surface area (Å²) in [6.45, 7) is 0.376. The molecule has 0 saturated heterocycles. The molecule has 0 amide bonds. The van der Waals surface area contributed by atoms with Gasteiger partial charge in [-0.2, -0.15) is 0 Å². The van der Waals surface area contributed by atoms with Crippen LogP contribution in [0, 0.1) is 5.82 Å². The Morgan fingerprint density at radius 2 is 2.00 bits per heavy atom. The van der Waals surface area contributed by atoms with E-state index < -0.39 is 0 Å². The third-order valence-electron chi connectivity index (χ3n) is 3.23. The van der Waals surface area contributed by atoms with Crippen LogP contribution >= 0.6 is 11.6 Å². The second-order valence-electron chi connectivity index (χ2n) is 4.65. The highest BCUT2D eigenvalue weighted by atomic mass is 35.5. The first-order valence-corrected chi connectivity index (χ1v) is 6.64. The number of para-hydroxylation sites is 1. The number of halogens is 2. The number of nitrogens with zero attached hydrogens (tertiary/aromatic N) is 1. The molecule has 3 rings (SSSR count). The van der Waals surface area contributed by atoms with Crippen LogP contribution in [0.5, 0.6) is 5.75 Å². The Labute approximate surface area is 121 Å². The van der Waals surface area contributed by atoms with Crippen LogP contribution in [0.1, 0.15) is 5.56 Å². The van der Waals surface area contributed by atoms with Gasteiger partial charge in [-0.05, 0) is 18.2 Å². The molecule has 0 N–H and O–H groups in total. The van der Waals surface area contributed by atoms with E-state index in [0.717, 1.165) is 16.5 Å². The minimum absolute atomic E-state index is 0.302. The van der Waals surface area contributed by atoms with Crippen molar-refractivity contribution in [1.82, 2.24) is 4.57 Å². The molecule has 0 spiro atoms. The summed E-state index contributed by atoms with van der Waals surface area (Å²) in [6, 6.07) is 11.9. The van der Waals surface area contributed by atoms with Crippen molar-refractivity contribution < 1.29 is 9.13 Å². The number of aryl methyl sites for hydroxylation is 1. The Bertz CT molecular complexity index is 766. The summed E-state index contributed by atoms with van der Waals surface area (Å²) < 4.78 is 20.7. The lowest BCUT2D eigenvalue weighted by Crippen LogP contribution is -1.94. The van der Waals surface area contributed by atoms with E-state index in [1.165, 1.54) is 12.1 Å². The molecular weight excluding hydrogens is 277 g/mol. The molecule has 0 radical (unpaired) electrons. The molecule has 0 saturated carbocycles. The standard InChI is InChI=1S/C16H13ClFNO/c1-19-9-11(14-6-3-7-15(17)16(14)19)10-20-13-5-2-4-12(18)8-13/h2-9H,10H2,1H3. The Morgan fingerprint density at radius 1 is 1.20 bits per heavy atom. The highest BCUT2D eigenvalue weighted by molar-refractivity contribution is 6.35. The van der Waals surface area contributed by atoms with Crippen LogP contribution in [-0.2, 0) is 13.7 Å². The maximum atomic E-state index is 13.1. The first kappa shape index (κ1) is 13.0. The lowest BCUT2D eigenvalue weighted by Gasteiger charge is -2.05. The van der Waals surface area contributed by atoms with Gasteiger partial charge in [0.2, 0.25) is 0 Å². The predicted molar refractivity (Wildman–Crippen MR) is 78.7 cm³/mol. The second kappa shape index (κ2) is 5.17. The summed E-state index contributed by atoms with van der Waals surface area (Å²) >= 11 is 6.20. The molecule has 0 aliphatic rings. The zero-order valence-electron chi connectivity index (χ0n) is 10.9. The highest BCUT2D eigenvalue weighted by Gasteiger charge is 2.09. The molecule has 102 valence electrons. The summed E-state index contributed by atoms with van der Waals surface area (Å²) in [4.78, 5) is 0. The van der Waals surface area contributed by atoms with Gasteiger partial charge in [0.05, 0.1) is 10.5 Å². The number of benzene rings is 2. The fourth-order valence-electron chi connectivity index (χ4n) is 2.33. The summed E-state index contributed by atoms with van der Waals surface area (Å²) in [7, 11) is 1.94. The lowest BCUT2D eigenvalue weighted by atomic mass is 10.2. The zero-order chi connectivity index (χ0) is 14.1. The van der Waals surface area contributed by atoms with Gasteiger partial charge in [0.25, 0.3) is 0 Å². The van der Waals surface area contributed by atoms with Crippen molar-refractivity contribution in [2.45, 2.75) is 6.61 Å². The molecule has 4 heteroatoms. The zero-order valence-corrected chi connectivity index (χ0v) is 11.7. The second-order valence-corrected chi connectivity index (χ2v) is 5.05. The smallest absolute Gasteiger partial charge is 0.126 e. The summed E-state index contributed by atoms with van der Waals surface area (Å²) in [5, 5.41) is 1.76. The van der Waals surface area contributed by atoms with Crippen LogP contribution in [0.2, 0.25) is 5.02 Å². The summed E-state index contributed by atoms with van der Waals surface area (Å²) in [5.41, 5.74) is 2.00. The van der Waals surface area contributed by atoms with E-state index in [0.29, 0.717) is 17.4 Å². The van der Waals surface area contributed by atoms with E-state index in [2.05, 4.69) is 0 Å². The Kier molecular flexibility index (Phi) is 3.36. The average Bonchev–Trinajstić information content (AvgIpc) is 2.75. The third-order valence-corrected chi connectivity index (χ3v) is 3.53. The number of aromatic nitrogens is 1. The quantitative estimate of drug-likeness (QED) is 0.690. The number of rotatable bonds is 3. The van der Waals surface area contributed by atoms with Crippen LogP contribution in [0.3, 0.4) is 0 Å². The lowest BCUT2D eigenvalue weighted by molar-refractivity contribution is 0.306. The molecule has 0 aliphatic heterocycles. The fraction of sp³-hybridized carbons (Fsp3) is 0.125. The van der Waals surface area contributed by atoms with Crippen LogP contribution in [0.15, 0.2) is 48.7 Å². The van der Waals surface area contributed by atoms with Crippen molar-refractivity contribution in [3.63, 3.8) is 0 Å². The molecule has 0 fully saturated rings. The van der Waals surface area contributed by atoms with Crippen LogP contribution < -0.4 is 4.74 Å². The van der Waals surface area contributed by atoms with E-state index in [1.807, 2.05) is 36.0 Å². The molecule has 3 aromatic rings. The highest BCUT2D eigenvalue weighted by Crippen LogP contribution is 2.28. The summed E-state index contributed by atoms with van der Waals surface area (Å²) in [6.07, 6.45) is 1.98. The van der Waals surface area contributed by atoms with Crippen molar-refractivity contribution in [3.8, 4) is 5.75 Å². The van der Waals surface area contributed by atoms with Gasteiger partial charge in [-0.1, -0.05) is 29.8 Å². The SMILES string of the molecule is Cn1cc(COc2cccc(F)c2)c2cccc(Cl)c21. The maximum absolute atomic E-state index is 13.1. The summed E-state index contributed by atoms with van der Waals surface area (Å²) in [5.74, 6) is 0.215. The molecule has 1 heterocycles. The maximum Gasteiger partial charge on any atom is 0.126 e. The predicted octanol–water partition coefficient (Wildman–Crippen LogP) is 4.55. The molecular formula is C16H13ClFNO. The van der Waals surface area contributed by atoms with Crippen molar-refractivity contribution in [2.75, 3.05) is 0 Å². The first-order valence-electron chi connectivity index (χ1n) is 6.26. The van der Waals surface area contributed by atoms with E-state index in [4.69, 9.17) is 16.3 Å². The minimum Gasteiger partial charge on any atom is -0.489 e. The number of hydrogen-bond donors (Lipinski definition) is 0. The normalized spacial score (nSPS) is 10.9. The third kappa shape index (κ3) is 2.37. The Hall–Kier alpha value is -2.00. The largest absolute Gasteiger partial charge is 0.489 e. The van der Waals surface area contributed by atoms with E-state index in [9.17, 15) is 4.39 Å². The minimum atomic E-state index is -0.302. The molecule has 1 aromatic heterocycles. The van der Waals surface area contributed by atoms with Gasteiger partial charge in [0, 0.05) is 30.3 Å².